The van der Waals surface area contributed by atoms with E-state index in [2.05, 4.69) is 6.92 Å². The predicted octanol–water partition coefficient (Wildman–Crippen LogP) is 5.59. The zero-order valence-electron chi connectivity index (χ0n) is 18.6. The number of benzene rings is 2. The lowest BCUT2D eigenvalue weighted by Crippen LogP contribution is -2.31. The average Bonchev–Trinajstić information content (AvgIpc) is 3.45. The monoisotopic (exact) mass is 461 g/mol. The number of carbonyl (C=O) groups is 2. The van der Waals surface area contributed by atoms with Gasteiger partial charge < -0.3 is 14.7 Å². The fourth-order valence-corrected chi connectivity index (χ4v) is 4.82. The third-order valence-electron chi connectivity index (χ3n) is 5.71. The molecule has 170 valence electrons. The third kappa shape index (κ3) is 5.01. The van der Waals surface area contributed by atoms with Crippen LogP contribution in [0.3, 0.4) is 0 Å². The molecule has 33 heavy (non-hydrogen) atoms. The van der Waals surface area contributed by atoms with Gasteiger partial charge in [-0.05, 0) is 42.0 Å². The van der Waals surface area contributed by atoms with E-state index in [4.69, 9.17) is 4.74 Å². The molecule has 2 heterocycles. The number of ether oxygens (including phenoxy) is 1. The van der Waals surface area contributed by atoms with Gasteiger partial charge >= 0.3 is 0 Å². The molecule has 1 fully saturated rings. The fourth-order valence-electron chi connectivity index (χ4n) is 3.97. The topological polar surface area (TPSA) is 66.8 Å². The van der Waals surface area contributed by atoms with Crippen LogP contribution in [-0.4, -0.2) is 34.8 Å². The number of aliphatic hydroxyl groups excluding tert-OH is 1. The van der Waals surface area contributed by atoms with E-state index in [-0.39, 0.29) is 11.3 Å². The van der Waals surface area contributed by atoms with Crippen molar-refractivity contribution in [2.45, 2.75) is 32.2 Å². The number of thiophene rings is 1. The third-order valence-corrected chi connectivity index (χ3v) is 6.64. The second-order valence-corrected chi connectivity index (χ2v) is 8.95. The standard InChI is InChI=1S/C27H27NO4S/c1-2-3-16-32-21-12-7-11-20(18-21)25(29)23-24(22-13-8-17-33-22)28(27(31)26(23)30)15-14-19-9-5-4-6-10-19/h4-13,17-18,24,29H,2-3,14-16H2,1H3. The molecule has 1 aromatic heterocycles. The SMILES string of the molecule is CCCCOc1cccc(C(O)=C2C(=O)C(=O)N(CCc3ccccc3)C2c2cccs2)c1. The number of rotatable bonds is 9. The Kier molecular flexibility index (Phi) is 7.25. The number of hydrogen-bond acceptors (Lipinski definition) is 5. The van der Waals surface area contributed by atoms with Crippen molar-refractivity contribution < 1.29 is 19.4 Å². The number of amides is 1. The Labute approximate surface area is 197 Å². The lowest BCUT2D eigenvalue weighted by Gasteiger charge is -2.24. The van der Waals surface area contributed by atoms with Gasteiger partial charge in [0.2, 0.25) is 0 Å². The minimum atomic E-state index is -0.656. The van der Waals surface area contributed by atoms with Gasteiger partial charge in [-0.3, -0.25) is 9.59 Å². The van der Waals surface area contributed by atoms with Crippen molar-refractivity contribution in [1.82, 2.24) is 4.90 Å². The molecule has 1 N–H and O–H groups in total. The van der Waals surface area contributed by atoms with E-state index in [0.29, 0.717) is 30.9 Å². The highest BCUT2D eigenvalue weighted by Crippen LogP contribution is 2.41. The highest BCUT2D eigenvalue weighted by Gasteiger charge is 2.46. The summed E-state index contributed by atoms with van der Waals surface area (Å²) in [7, 11) is 0. The van der Waals surface area contributed by atoms with Gasteiger partial charge in [0.1, 0.15) is 11.5 Å². The van der Waals surface area contributed by atoms with Crippen molar-refractivity contribution in [2.75, 3.05) is 13.2 Å². The Hall–Kier alpha value is -3.38. The van der Waals surface area contributed by atoms with Crippen molar-refractivity contribution in [3.05, 3.63) is 93.7 Å². The van der Waals surface area contributed by atoms with Crippen LogP contribution in [0.1, 0.15) is 41.8 Å². The van der Waals surface area contributed by atoms with Gasteiger partial charge in [0.05, 0.1) is 18.2 Å². The Bertz CT molecular complexity index is 1140. The first-order valence-electron chi connectivity index (χ1n) is 11.2. The van der Waals surface area contributed by atoms with Crippen molar-refractivity contribution >= 4 is 28.8 Å². The van der Waals surface area contributed by atoms with Gasteiger partial charge in [0, 0.05) is 17.0 Å². The minimum absolute atomic E-state index is 0.126. The summed E-state index contributed by atoms with van der Waals surface area (Å²) in [5.74, 6) is -0.786. The van der Waals surface area contributed by atoms with Crippen molar-refractivity contribution in [2.24, 2.45) is 0 Å². The number of hydrogen-bond donors (Lipinski definition) is 1. The van der Waals surface area contributed by atoms with E-state index < -0.39 is 17.7 Å². The van der Waals surface area contributed by atoms with E-state index in [0.717, 1.165) is 23.3 Å². The highest BCUT2D eigenvalue weighted by atomic mass is 32.1. The Balaban J connectivity index is 1.68. The second kappa shape index (κ2) is 10.5. The molecule has 4 rings (SSSR count). The maximum Gasteiger partial charge on any atom is 0.295 e. The number of aliphatic hydroxyl groups is 1. The lowest BCUT2D eigenvalue weighted by molar-refractivity contribution is -0.139. The summed E-state index contributed by atoms with van der Waals surface area (Å²) in [6.45, 7) is 3.06. The molecule has 0 radical (unpaired) electrons. The highest BCUT2D eigenvalue weighted by molar-refractivity contribution is 7.10. The number of Topliss-reactive ketones (excluding diaryl/α,β-unsaturated/α-hetero) is 1. The lowest BCUT2D eigenvalue weighted by atomic mass is 9.99. The molecule has 1 saturated heterocycles. The van der Waals surface area contributed by atoms with Crippen LogP contribution < -0.4 is 4.74 Å². The number of ketones is 1. The van der Waals surface area contributed by atoms with Crippen LogP contribution in [-0.2, 0) is 16.0 Å². The smallest absolute Gasteiger partial charge is 0.295 e. The molecule has 1 amide bonds. The summed E-state index contributed by atoms with van der Waals surface area (Å²) >= 11 is 1.47. The Morgan fingerprint density at radius 1 is 1.06 bits per heavy atom. The molecule has 0 aliphatic carbocycles. The number of likely N-dealkylation sites (tertiary alicyclic amines) is 1. The van der Waals surface area contributed by atoms with Crippen LogP contribution in [0.15, 0.2) is 77.7 Å². The normalized spacial score (nSPS) is 17.5. The summed E-state index contributed by atoms with van der Waals surface area (Å²) < 4.78 is 5.76. The van der Waals surface area contributed by atoms with Gasteiger partial charge in [-0.25, -0.2) is 0 Å². The van der Waals surface area contributed by atoms with Crippen LogP contribution >= 0.6 is 11.3 Å². The van der Waals surface area contributed by atoms with Crippen LogP contribution in [0.2, 0.25) is 0 Å². The minimum Gasteiger partial charge on any atom is -0.507 e. The summed E-state index contributed by atoms with van der Waals surface area (Å²) in [6, 6.07) is 20.1. The number of unbranched alkanes of at least 4 members (excludes halogenated alkanes) is 1. The maximum atomic E-state index is 13.1. The van der Waals surface area contributed by atoms with E-state index in [9.17, 15) is 14.7 Å². The van der Waals surface area contributed by atoms with Crippen molar-refractivity contribution in [3.63, 3.8) is 0 Å². The molecule has 6 heteroatoms. The van der Waals surface area contributed by atoms with Crippen LogP contribution in [0.25, 0.3) is 5.76 Å². The van der Waals surface area contributed by atoms with E-state index in [1.165, 1.54) is 11.3 Å². The zero-order chi connectivity index (χ0) is 23.2. The largest absolute Gasteiger partial charge is 0.507 e. The van der Waals surface area contributed by atoms with Gasteiger partial charge in [0.15, 0.2) is 0 Å². The van der Waals surface area contributed by atoms with Crippen LogP contribution in [0.5, 0.6) is 5.75 Å². The van der Waals surface area contributed by atoms with E-state index in [1.807, 2.05) is 53.9 Å². The van der Waals surface area contributed by atoms with E-state index >= 15 is 0 Å². The predicted molar refractivity (Wildman–Crippen MR) is 130 cm³/mol. The molecule has 0 spiro atoms. The molecule has 0 saturated carbocycles. The number of nitrogens with zero attached hydrogens (tertiary/aromatic N) is 1. The summed E-state index contributed by atoms with van der Waals surface area (Å²) in [4.78, 5) is 28.6. The molecule has 1 aliphatic heterocycles. The van der Waals surface area contributed by atoms with Crippen molar-refractivity contribution in [1.29, 1.82) is 0 Å². The molecule has 0 bridgehead atoms. The Morgan fingerprint density at radius 2 is 1.88 bits per heavy atom. The molecular weight excluding hydrogens is 434 g/mol. The first-order chi connectivity index (χ1) is 16.1. The number of carbonyl (C=O) groups excluding carboxylic acids is 2. The molecule has 3 aromatic rings. The van der Waals surface area contributed by atoms with Gasteiger partial charge in [-0.1, -0.05) is 61.9 Å². The first-order valence-corrected chi connectivity index (χ1v) is 12.1. The Morgan fingerprint density at radius 3 is 2.61 bits per heavy atom. The molecule has 5 nitrogen and oxygen atoms in total. The summed E-state index contributed by atoms with van der Waals surface area (Å²) in [5, 5.41) is 13.1. The molecular formula is C27H27NO4S. The molecule has 1 aliphatic rings. The summed E-state index contributed by atoms with van der Waals surface area (Å²) in [6.07, 6.45) is 2.57. The molecule has 1 atom stereocenters. The van der Waals surface area contributed by atoms with Crippen LogP contribution in [0.4, 0.5) is 0 Å². The average molecular weight is 462 g/mol. The van der Waals surface area contributed by atoms with E-state index in [1.54, 1.807) is 23.1 Å². The quantitative estimate of drug-likeness (QED) is 0.195. The van der Waals surface area contributed by atoms with Crippen molar-refractivity contribution in [3.8, 4) is 5.75 Å². The zero-order valence-corrected chi connectivity index (χ0v) is 19.4. The van der Waals surface area contributed by atoms with Gasteiger partial charge in [-0.2, -0.15) is 0 Å². The van der Waals surface area contributed by atoms with Crippen LogP contribution in [0, 0.1) is 0 Å². The first kappa shape index (κ1) is 22.8. The molecule has 1 unspecified atom stereocenters. The maximum absolute atomic E-state index is 13.1. The van der Waals surface area contributed by atoms with Gasteiger partial charge in [0.25, 0.3) is 11.7 Å². The fraction of sp³-hybridized carbons (Fsp3) is 0.259. The summed E-state index contributed by atoms with van der Waals surface area (Å²) in [5.41, 5.74) is 1.68. The molecule has 2 aromatic carbocycles. The van der Waals surface area contributed by atoms with Gasteiger partial charge in [-0.15, -0.1) is 11.3 Å². The second-order valence-electron chi connectivity index (χ2n) is 7.97.